The molecule has 2 rings (SSSR count). The van der Waals surface area contributed by atoms with E-state index in [1.807, 2.05) is 6.92 Å². The van der Waals surface area contributed by atoms with Gasteiger partial charge in [0.05, 0.1) is 14.2 Å². The van der Waals surface area contributed by atoms with Gasteiger partial charge in [-0.2, -0.15) is 0 Å². The zero-order valence-electron chi connectivity index (χ0n) is 14.0. The van der Waals surface area contributed by atoms with Crippen LogP contribution in [0.5, 0.6) is 11.5 Å². The number of ether oxygens (including phenoxy) is 2. The molecule has 0 aliphatic heterocycles. The first kappa shape index (κ1) is 15.9. The Labute approximate surface area is 130 Å². The molecule has 0 amide bonds. The van der Waals surface area contributed by atoms with Crippen LogP contribution >= 0.6 is 0 Å². The highest BCUT2D eigenvalue weighted by Crippen LogP contribution is 2.37. The molecule has 1 aromatic rings. The van der Waals surface area contributed by atoms with Crippen LogP contribution in [0.1, 0.15) is 33.3 Å². The van der Waals surface area contributed by atoms with Crippen molar-refractivity contribution in [2.45, 2.75) is 34.6 Å². The third-order valence-electron chi connectivity index (χ3n) is 4.63. The van der Waals surface area contributed by atoms with E-state index in [4.69, 9.17) is 9.47 Å². The fourth-order valence-electron chi connectivity index (χ4n) is 2.93. The van der Waals surface area contributed by atoms with Crippen LogP contribution < -0.4 is 14.7 Å². The molecule has 21 heavy (non-hydrogen) atoms. The van der Waals surface area contributed by atoms with Gasteiger partial charge in [0.25, 0.3) is 0 Å². The second-order valence-corrected chi connectivity index (χ2v) is 7.02. The third-order valence-corrected chi connectivity index (χ3v) is 6.37. The average molecular weight is 300 g/mol. The van der Waals surface area contributed by atoms with Crippen molar-refractivity contribution >= 4 is 14.7 Å². The van der Waals surface area contributed by atoms with E-state index in [0.29, 0.717) is 15.4 Å². The number of aryl methyl sites for hydroxylation is 1. The van der Waals surface area contributed by atoms with Gasteiger partial charge in [-0.1, -0.05) is 35.4 Å². The predicted octanol–water partition coefficient (Wildman–Crippen LogP) is 3.60. The molecule has 1 unspecified atom stereocenters. The van der Waals surface area contributed by atoms with Crippen LogP contribution in [-0.2, 0) is 0 Å². The number of benzene rings is 1. The van der Waals surface area contributed by atoms with Gasteiger partial charge < -0.3 is 9.47 Å². The van der Waals surface area contributed by atoms with Crippen LogP contribution in [0, 0.1) is 12.8 Å². The minimum Gasteiger partial charge on any atom is -0.493 e. The minimum absolute atomic E-state index is 0.528. The summed E-state index contributed by atoms with van der Waals surface area (Å²) in [6, 6.07) is 4.29. The van der Waals surface area contributed by atoms with Crippen molar-refractivity contribution in [3.8, 4) is 11.5 Å². The van der Waals surface area contributed by atoms with Crippen molar-refractivity contribution < 1.29 is 9.47 Å². The van der Waals surface area contributed by atoms with Gasteiger partial charge in [0.2, 0.25) is 0 Å². The standard InChI is InChI=1S/C18H24O2Si/c1-10-8-9-15(17(20-7)16(10)19-6)21-18-13(4)11(2)12(3)14(18)5/h8-9,13H,1-7H3. The molecule has 1 atom stereocenters. The first-order valence-electron chi connectivity index (χ1n) is 7.29. The van der Waals surface area contributed by atoms with E-state index in [-0.39, 0.29) is 0 Å². The molecule has 0 heterocycles. The second-order valence-electron chi connectivity index (χ2n) is 5.69. The molecule has 0 N–H and O–H groups in total. The number of hydrogen-bond donors (Lipinski definition) is 0. The quantitative estimate of drug-likeness (QED) is 0.791. The Morgan fingerprint density at radius 3 is 2.00 bits per heavy atom. The van der Waals surface area contributed by atoms with E-state index in [2.05, 4.69) is 39.8 Å². The molecule has 3 heteroatoms. The van der Waals surface area contributed by atoms with E-state index in [9.17, 15) is 0 Å². The monoisotopic (exact) mass is 300 g/mol. The Balaban J connectivity index is 2.43. The number of hydrogen-bond acceptors (Lipinski definition) is 2. The van der Waals surface area contributed by atoms with Crippen LogP contribution in [0.2, 0.25) is 0 Å². The van der Waals surface area contributed by atoms with E-state index < -0.39 is 0 Å². The van der Waals surface area contributed by atoms with Gasteiger partial charge in [-0.25, -0.2) is 0 Å². The second kappa shape index (κ2) is 6.10. The molecule has 0 bridgehead atoms. The minimum atomic E-state index is 0.528. The number of allylic oxidation sites excluding steroid dienone is 4. The largest absolute Gasteiger partial charge is 0.493 e. The van der Waals surface area contributed by atoms with Crippen molar-refractivity contribution in [1.82, 2.24) is 0 Å². The molecule has 0 spiro atoms. The van der Waals surface area contributed by atoms with Gasteiger partial charge in [0.1, 0.15) is 9.52 Å². The smallest absolute Gasteiger partial charge is 0.163 e. The molecule has 1 aliphatic carbocycles. The van der Waals surface area contributed by atoms with Gasteiger partial charge in [0, 0.05) is 0 Å². The Morgan fingerprint density at radius 1 is 0.905 bits per heavy atom. The highest BCUT2D eigenvalue weighted by atomic mass is 28.2. The maximum Gasteiger partial charge on any atom is 0.163 e. The molecule has 0 aromatic heterocycles. The highest BCUT2D eigenvalue weighted by Gasteiger charge is 2.25. The van der Waals surface area contributed by atoms with Crippen molar-refractivity contribution in [2.24, 2.45) is 5.92 Å². The van der Waals surface area contributed by atoms with Crippen molar-refractivity contribution in [2.75, 3.05) is 14.2 Å². The molecule has 1 aromatic carbocycles. The summed E-state index contributed by atoms with van der Waals surface area (Å²) < 4.78 is 11.1. The first-order valence-corrected chi connectivity index (χ1v) is 8.29. The average Bonchev–Trinajstić information content (AvgIpc) is 2.66. The van der Waals surface area contributed by atoms with Gasteiger partial charge in [-0.15, -0.1) is 0 Å². The van der Waals surface area contributed by atoms with Crippen molar-refractivity contribution in [3.63, 3.8) is 0 Å². The normalized spacial score (nSPS) is 18.5. The summed E-state index contributed by atoms with van der Waals surface area (Å²) in [5, 5.41) is 2.75. The van der Waals surface area contributed by atoms with Gasteiger partial charge >= 0.3 is 0 Å². The van der Waals surface area contributed by atoms with Crippen molar-refractivity contribution in [1.29, 1.82) is 0 Å². The van der Waals surface area contributed by atoms with Crippen molar-refractivity contribution in [3.05, 3.63) is 39.6 Å². The molecule has 2 radical (unpaired) electrons. The molecule has 1 aliphatic rings. The summed E-state index contributed by atoms with van der Waals surface area (Å²) in [4.78, 5) is 0. The maximum absolute atomic E-state index is 5.63. The molecular formula is C18H24O2Si. The van der Waals surface area contributed by atoms with E-state index in [1.165, 1.54) is 27.1 Å². The van der Waals surface area contributed by atoms with Crippen LogP contribution in [0.3, 0.4) is 0 Å². The lowest BCUT2D eigenvalue weighted by Crippen LogP contribution is -2.22. The lowest BCUT2D eigenvalue weighted by Gasteiger charge is -2.17. The zero-order chi connectivity index (χ0) is 15.7. The summed E-state index contributed by atoms with van der Waals surface area (Å²) >= 11 is 0. The first-order chi connectivity index (χ1) is 9.92. The summed E-state index contributed by atoms with van der Waals surface area (Å²) in [6.45, 7) is 11.1. The van der Waals surface area contributed by atoms with Gasteiger partial charge in [-0.3, -0.25) is 0 Å². The number of rotatable bonds is 4. The van der Waals surface area contributed by atoms with Crippen LogP contribution in [0.25, 0.3) is 0 Å². The Morgan fingerprint density at radius 2 is 1.52 bits per heavy atom. The Kier molecular flexibility index (Phi) is 4.62. The van der Waals surface area contributed by atoms with Crippen LogP contribution in [-0.4, -0.2) is 23.7 Å². The number of methoxy groups -OCH3 is 2. The van der Waals surface area contributed by atoms with Crippen LogP contribution in [0.15, 0.2) is 34.0 Å². The van der Waals surface area contributed by atoms with Gasteiger partial charge in [-0.05, 0) is 49.9 Å². The Hall–Kier alpha value is -1.48. The summed E-state index contributed by atoms with van der Waals surface area (Å²) in [6.07, 6.45) is 0. The van der Waals surface area contributed by atoms with Crippen LogP contribution in [0.4, 0.5) is 0 Å². The summed E-state index contributed by atoms with van der Waals surface area (Å²) in [7, 11) is 4.05. The SMILES string of the molecule is COc1c(C)ccc([Si]C2=C(C)C(C)=C(C)C2C)c1OC. The maximum atomic E-state index is 5.63. The summed E-state index contributed by atoms with van der Waals surface area (Å²) in [5.41, 5.74) is 5.49. The third kappa shape index (κ3) is 2.67. The molecule has 2 nitrogen and oxygen atoms in total. The van der Waals surface area contributed by atoms with E-state index >= 15 is 0 Å². The molecule has 0 saturated carbocycles. The fraction of sp³-hybridized carbons (Fsp3) is 0.444. The van der Waals surface area contributed by atoms with Gasteiger partial charge in [0.15, 0.2) is 11.5 Å². The Bertz CT molecular complexity index is 626. The predicted molar refractivity (Wildman–Crippen MR) is 89.9 cm³/mol. The van der Waals surface area contributed by atoms with E-state index in [0.717, 1.165) is 17.1 Å². The van der Waals surface area contributed by atoms with E-state index in [1.54, 1.807) is 14.2 Å². The molecule has 0 saturated heterocycles. The topological polar surface area (TPSA) is 18.5 Å². The fourth-order valence-corrected chi connectivity index (χ4v) is 4.52. The zero-order valence-corrected chi connectivity index (χ0v) is 15.0. The summed E-state index contributed by atoms with van der Waals surface area (Å²) in [5.74, 6) is 2.26. The lowest BCUT2D eigenvalue weighted by molar-refractivity contribution is 0.355. The molecule has 0 fully saturated rings. The lowest BCUT2D eigenvalue weighted by atomic mass is 10.1. The molecule has 112 valence electrons. The molecular weight excluding hydrogens is 276 g/mol. The highest BCUT2D eigenvalue weighted by molar-refractivity contribution is 6.62.